The highest BCUT2D eigenvalue weighted by Crippen LogP contribution is 2.33. The van der Waals surface area contributed by atoms with Crippen LogP contribution in [0.5, 0.6) is 0 Å². The topological polar surface area (TPSA) is 38.1 Å². The number of rotatable bonds is 3. The standard InChI is InChI=1S/C22H22FN3O/c1-2-6-21(27)25-13-11-18(12-14-25)26-20-15-17(23)9-10-19(20)24-22(26)16-7-4-3-5-8-16/h2-10,15,18H,11-14H2,1H3/b6-2+. The van der Waals surface area contributed by atoms with Crippen molar-refractivity contribution in [2.24, 2.45) is 0 Å². The number of imidazole rings is 1. The molecule has 3 aromatic rings. The molecule has 2 aromatic carbocycles. The van der Waals surface area contributed by atoms with E-state index in [4.69, 9.17) is 4.98 Å². The van der Waals surface area contributed by atoms with Crippen LogP contribution in [-0.4, -0.2) is 33.4 Å². The maximum atomic E-state index is 13.9. The second-order valence-corrected chi connectivity index (χ2v) is 6.86. The van der Waals surface area contributed by atoms with Gasteiger partial charge in [-0.15, -0.1) is 0 Å². The van der Waals surface area contributed by atoms with Crippen molar-refractivity contribution < 1.29 is 9.18 Å². The molecule has 1 fully saturated rings. The van der Waals surface area contributed by atoms with Crippen molar-refractivity contribution >= 4 is 16.9 Å². The molecular weight excluding hydrogens is 341 g/mol. The Morgan fingerprint density at radius 2 is 1.89 bits per heavy atom. The molecule has 0 saturated carbocycles. The molecule has 0 radical (unpaired) electrons. The van der Waals surface area contributed by atoms with Crippen LogP contribution in [0.15, 0.2) is 60.7 Å². The van der Waals surface area contributed by atoms with Crippen LogP contribution in [-0.2, 0) is 4.79 Å². The van der Waals surface area contributed by atoms with Crippen molar-refractivity contribution in [2.75, 3.05) is 13.1 Å². The second-order valence-electron chi connectivity index (χ2n) is 6.86. The van der Waals surface area contributed by atoms with Crippen molar-refractivity contribution in [2.45, 2.75) is 25.8 Å². The van der Waals surface area contributed by atoms with Gasteiger partial charge in [-0.2, -0.15) is 0 Å². The van der Waals surface area contributed by atoms with Gasteiger partial charge in [0.05, 0.1) is 11.0 Å². The molecule has 0 spiro atoms. The third kappa shape index (κ3) is 3.37. The van der Waals surface area contributed by atoms with Crippen molar-refractivity contribution in [3.63, 3.8) is 0 Å². The van der Waals surface area contributed by atoms with Crippen molar-refractivity contribution in [1.29, 1.82) is 0 Å². The molecule has 0 unspecified atom stereocenters. The maximum absolute atomic E-state index is 13.9. The predicted molar refractivity (Wildman–Crippen MR) is 105 cm³/mol. The number of benzene rings is 2. The monoisotopic (exact) mass is 363 g/mol. The third-order valence-electron chi connectivity index (χ3n) is 5.13. The minimum atomic E-state index is -0.260. The molecular formula is C22H22FN3O. The van der Waals surface area contributed by atoms with E-state index in [9.17, 15) is 9.18 Å². The third-order valence-corrected chi connectivity index (χ3v) is 5.13. The average Bonchev–Trinajstić information content (AvgIpc) is 3.07. The Kier molecular flexibility index (Phi) is 4.75. The fourth-order valence-corrected chi connectivity index (χ4v) is 3.82. The lowest BCUT2D eigenvalue weighted by atomic mass is 10.0. The largest absolute Gasteiger partial charge is 0.339 e. The molecule has 4 rings (SSSR count). The smallest absolute Gasteiger partial charge is 0.246 e. The lowest BCUT2D eigenvalue weighted by Gasteiger charge is -2.33. The van der Waals surface area contributed by atoms with Crippen LogP contribution in [0.1, 0.15) is 25.8 Å². The summed E-state index contributed by atoms with van der Waals surface area (Å²) >= 11 is 0. The summed E-state index contributed by atoms with van der Waals surface area (Å²) in [6.07, 6.45) is 5.03. The Labute approximate surface area is 157 Å². The number of hydrogen-bond donors (Lipinski definition) is 0. The van der Waals surface area contributed by atoms with E-state index in [1.807, 2.05) is 42.2 Å². The first-order valence-electron chi connectivity index (χ1n) is 9.32. The summed E-state index contributed by atoms with van der Waals surface area (Å²) in [5.74, 6) is 0.652. The van der Waals surface area contributed by atoms with E-state index in [0.717, 1.165) is 35.3 Å². The first-order valence-corrected chi connectivity index (χ1v) is 9.32. The summed E-state index contributed by atoms with van der Waals surface area (Å²) in [6, 6.07) is 14.9. The summed E-state index contributed by atoms with van der Waals surface area (Å²) < 4.78 is 16.1. The van der Waals surface area contributed by atoms with Crippen molar-refractivity contribution in [3.8, 4) is 11.4 Å². The van der Waals surface area contributed by atoms with Gasteiger partial charge in [-0.1, -0.05) is 36.4 Å². The summed E-state index contributed by atoms with van der Waals surface area (Å²) in [7, 11) is 0. The molecule has 138 valence electrons. The second kappa shape index (κ2) is 7.35. The highest BCUT2D eigenvalue weighted by Gasteiger charge is 2.26. The fourth-order valence-electron chi connectivity index (χ4n) is 3.82. The van der Waals surface area contributed by atoms with Crippen LogP contribution in [0.3, 0.4) is 0 Å². The Morgan fingerprint density at radius 1 is 1.15 bits per heavy atom. The van der Waals surface area contributed by atoms with E-state index in [2.05, 4.69) is 4.57 Å². The zero-order valence-electron chi connectivity index (χ0n) is 15.3. The molecule has 0 bridgehead atoms. The minimum absolute atomic E-state index is 0.0563. The van der Waals surface area contributed by atoms with E-state index in [1.54, 1.807) is 24.3 Å². The molecule has 1 amide bonds. The minimum Gasteiger partial charge on any atom is -0.339 e. The number of allylic oxidation sites excluding steroid dienone is 1. The number of carbonyl (C=O) groups excluding carboxylic acids is 1. The van der Waals surface area contributed by atoms with E-state index in [-0.39, 0.29) is 17.8 Å². The normalized spacial score (nSPS) is 15.7. The molecule has 5 heteroatoms. The average molecular weight is 363 g/mol. The lowest BCUT2D eigenvalue weighted by molar-refractivity contribution is -0.127. The van der Waals surface area contributed by atoms with Crippen LogP contribution in [0.25, 0.3) is 22.4 Å². The van der Waals surface area contributed by atoms with Gasteiger partial charge in [0.2, 0.25) is 5.91 Å². The number of aromatic nitrogens is 2. The van der Waals surface area contributed by atoms with Crippen LogP contribution in [0.2, 0.25) is 0 Å². The number of nitrogens with zero attached hydrogens (tertiary/aromatic N) is 3. The predicted octanol–water partition coefficient (Wildman–Crippen LogP) is 4.58. The zero-order chi connectivity index (χ0) is 18.8. The SMILES string of the molecule is C/C=C/C(=O)N1CCC(n2c(-c3ccccc3)nc3ccc(F)cc32)CC1. The molecule has 0 aliphatic carbocycles. The van der Waals surface area contributed by atoms with E-state index in [0.29, 0.717) is 13.1 Å². The van der Waals surface area contributed by atoms with Gasteiger partial charge in [-0.3, -0.25) is 4.79 Å². The number of carbonyl (C=O) groups is 1. The van der Waals surface area contributed by atoms with Gasteiger partial charge in [-0.25, -0.2) is 9.37 Å². The van der Waals surface area contributed by atoms with Crippen molar-refractivity contribution in [3.05, 3.63) is 66.5 Å². The Balaban J connectivity index is 1.72. The molecule has 0 atom stereocenters. The number of hydrogen-bond acceptors (Lipinski definition) is 2. The Bertz CT molecular complexity index is 985. The summed E-state index contributed by atoms with van der Waals surface area (Å²) in [4.78, 5) is 18.8. The number of amides is 1. The number of fused-ring (bicyclic) bond motifs is 1. The van der Waals surface area contributed by atoms with Gasteiger partial charge in [-0.05, 0) is 44.0 Å². The first kappa shape index (κ1) is 17.5. The molecule has 1 saturated heterocycles. The highest BCUT2D eigenvalue weighted by molar-refractivity contribution is 5.87. The van der Waals surface area contributed by atoms with Gasteiger partial charge in [0.25, 0.3) is 0 Å². The maximum Gasteiger partial charge on any atom is 0.246 e. The summed E-state index contributed by atoms with van der Waals surface area (Å²) in [5.41, 5.74) is 2.62. The summed E-state index contributed by atoms with van der Waals surface area (Å²) in [5, 5.41) is 0. The van der Waals surface area contributed by atoms with Crippen LogP contribution >= 0.6 is 0 Å². The van der Waals surface area contributed by atoms with Gasteiger partial charge in [0.1, 0.15) is 11.6 Å². The van der Waals surface area contributed by atoms with Crippen molar-refractivity contribution in [1.82, 2.24) is 14.5 Å². The van der Waals surface area contributed by atoms with Gasteiger partial charge in [0, 0.05) is 24.7 Å². The Hall–Kier alpha value is -2.95. The van der Waals surface area contributed by atoms with Crippen LogP contribution in [0, 0.1) is 5.82 Å². The molecule has 1 aromatic heterocycles. The van der Waals surface area contributed by atoms with E-state index in [1.165, 1.54) is 6.07 Å². The van der Waals surface area contributed by atoms with E-state index >= 15 is 0 Å². The Morgan fingerprint density at radius 3 is 2.59 bits per heavy atom. The highest BCUT2D eigenvalue weighted by atomic mass is 19.1. The number of piperidine rings is 1. The van der Waals surface area contributed by atoms with E-state index < -0.39 is 0 Å². The first-order chi connectivity index (χ1) is 13.2. The molecule has 0 N–H and O–H groups in total. The molecule has 1 aliphatic rings. The van der Waals surface area contributed by atoms with Crippen LogP contribution < -0.4 is 0 Å². The van der Waals surface area contributed by atoms with Gasteiger partial charge < -0.3 is 9.47 Å². The van der Waals surface area contributed by atoms with Gasteiger partial charge >= 0.3 is 0 Å². The zero-order valence-corrected chi connectivity index (χ0v) is 15.3. The molecule has 1 aliphatic heterocycles. The van der Waals surface area contributed by atoms with Crippen LogP contribution in [0.4, 0.5) is 4.39 Å². The quantitative estimate of drug-likeness (QED) is 0.639. The number of halogens is 1. The molecule has 27 heavy (non-hydrogen) atoms. The lowest BCUT2D eigenvalue weighted by Crippen LogP contribution is -2.38. The molecule has 2 heterocycles. The summed E-state index contributed by atoms with van der Waals surface area (Å²) in [6.45, 7) is 3.23. The van der Waals surface area contributed by atoms with Gasteiger partial charge in [0.15, 0.2) is 0 Å². The molecule has 4 nitrogen and oxygen atoms in total. The number of likely N-dealkylation sites (tertiary alicyclic amines) is 1. The fraction of sp³-hybridized carbons (Fsp3) is 0.273.